The van der Waals surface area contributed by atoms with Crippen LogP contribution >= 0.6 is 22.7 Å². The zero-order valence-corrected chi connectivity index (χ0v) is 37.2. The van der Waals surface area contributed by atoms with E-state index < -0.39 is 0 Å². The van der Waals surface area contributed by atoms with Gasteiger partial charge in [0, 0.05) is 20.6 Å². The predicted octanol–water partition coefficient (Wildman–Crippen LogP) is 16.4. The van der Waals surface area contributed by atoms with Gasteiger partial charge in [-0.1, -0.05) is 158 Å². The number of thiophene rings is 2. The first-order chi connectivity index (χ1) is 26.3. The lowest BCUT2D eigenvalue weighted by molar-refractivity contribution is 0.111. The first-order valence-electron chi connectivity index (χ1n) is 22.6. The first kappa shape index (κ1) is 43.1. The van der Waals surface area contributed by atoms with Crippen molar-refractivity contribution in [2.75, 3.05) is 0 Å². The molecular weight excluding hydrogens is 697 g/mol. The van der Waals surface area contributed by atoms with E-state index in [4.69, 9.17) is 0 Å². The summed E-state index contributed by atoms with van der Waals surface area (Å²) < 4.78 is 0. The Labute approximate surface area is 338 Å². The van der Waals surface area contributed by atoms with Crippen LogP contribution in [0.1, 0.15) is 225 Å². The number of rotatable bonds is 26. The van der Waals surface area contributed by atoms with Crippen LogP contribution in [0.5, 0.6) is 0 Å². The summed E-state index contributed by atoms with van der Waals surface area (Å²) in [7, 11) is 0. The lowest BCUT2D eigenvalue weighted by atomic mass is 9.63. The zero-order valence-electron chi connectivity index (χ0n) is 35.5. The molecule has 3 aromatic rings. The maximum absolute atomic E-state index is 12.6. The van der Waals surface area contributed by atoms with Crippen LogP contribution in [0.3, 0.4) is 0 Å². The van der Waals surface area contributed by atoms with E-state index in [1.807, 2.05) is 0 Å². The number of hydrogen-bond donors (Lipinski definition) is 0. The molecule has 0 radical (unpaired) electrons. The Bertz CT molecular complexity index is 1500. The lowest BCUT2D eigenvalue weighted by Crippen LogP contribution is -2.32. The summed E-state index contributed by atoms with van der Waals surface area (Å²) in [4.78, 5) is 29.7. The van der Waals surface area contributed by atoms with E-state index in [0.29, 0.717) is 23.7 Å². The largest absolute Gasteiger partial charge is 0.297 e. The molecule has 0 aliphatic heterocycles. The van der Waals surface area contributed by atoms with Crippen molar-refractivity contribution in [3.63, 3.8) is 0 Å². The summed E-state index contributed by atoms with van der Waals surface area (Å²) in [6.45, 7) is 19.0. The molecule has 5 rings (SSSR count). The predicted molar refractivity (Wildman–Crippen MR) is 237 cm³/mol. The second-order valence-electron chi connectivity index (χ2n) is 17.6. The van der Waals surface area contributed by atoms with Crippen LogP contribution in [0.25, 0.3) is 20.9 Å². The number of fused-ring (bicyclic) bond motifs is 6. The van der Waals surface area contributed by atoms with Gasteiger partial charge in [-0.25, -0.2) is 0 Å². The Morgan fingerprint density at radius 2 is 0.759 bits per heavy atom. The fraction of sp³-hybridized carbons (Fsp3) is 0.680. The van der Waals surface area contributed by atoms with Crippen molar-refractivity contribution in [3.8, 4) is 20.9 Å². The topological polar surface area (TPSA) is 34.1 Å². The zero-order chi connectivity index (χ0) is 38.9. The quantitative estimate of drug-likeness (QED) is 0.0762. The molecule has 0 spiro atoms. The van der Waals surface area contributed by atoms with Crippen LogP contribution in [-0.4, -0.2) is 12.6 Å². The Kier molecular flexibility index (Phi) is 15.9. The summed E-state index contributed by atoms with van der Waals surface area (Å²) in [5.41, 5.74) is 8.62. The van der Waals surface area contributed by atoms with Crippen molar-refractivity contribution in [2.24, 2.45) is 23.7 Å². The van der Waals surface area contributed by atoms with Gasteiger partial charge in [-0.3, -0.25) is 9.59 Å². The van der Waals surface area contributed by atoms with Crippen molar-refractivity contribution in [1.29, 1.82) is 0 Å². The molecule has 0 bridgehead atoms. The van der Waals surface area contributed by atoms with Crippen molar-refractivity contribution < 1.29 is 9.59 Å². The molecule has 2 aromatic heterocycles. The summed E-state index contributed by atoms with van der Waals surface area (Å²) in [6, 6.07) is 10.0. The Morgan fingerprint density at radius 1 is 0.463 bits per heavy atom. The van der Waals surface area contributed by atoms with Crippen LogP contribution in [0.15, 0.2) is 24.3 Å². The fourth-order valence-electron chi connectivity index (χ4n) is 10.9. The molecule has 2 heterocycles. The highest BCUT2D eigenvalue weighted by molar-refractivity contribution is 7.17. The van der Waals surface area contributed by atoms with Crippen LogP contribution in [0.2, 0.25) is 0 Å². The number of unbranched alkanes of at least 4 members (excludes halogenated alkanes) is 4. The van der Waals surface area contributed by atoms with Gasteiger partial charge < -0.3 is 0 Å². The monoisotopic (exact) mass is 771 g/mol. The molecule has 2 aliphatic rings. The number of hydrogen-bond acceptors (Lipinski definition) is 4. The lowest BCUT2D eigenvalue weighted by Gasteiger charge is -2.40. The molecule has 4 heteroatoms. The smallest absolute Gasteiger partial charge is 0.160 e. The highest BCUT2D eigenvalue weighted by Crippen LogP contribution is 2.64. The molecule has 0 saturated carbocycles. The van der Waals surface area contributed by atoms with E-state index in [1.54, 1.807) is 22.7 Å². The number of benzene rings is 1. The average Bonchev–Trinajstić information content (AvgIpc) is 3.94. The number of aldehydes is 2. The SMILES string of the molecule is CCCCC(CC)CC1(CC(CC)CCCC)c2cc3c(cc2-c2sc(C=O)cc21)C(CC(CC)CCCC)(CC(CC)CCCC)c1cc(C=O)sc1-3. The number of carbonyl (C=O) groups excluding carboxylic acids is 2. The molecule has 4 unspecified atom stereocenters. The van der Waals surface area contributed by atoms with E-state index in [2.05, 4.69) is 79.7 Å². The third kappa shape index (κ3) is 8.61. The molecule has 54 heavy (non-hydrogen) atoms. The first-order valence-corrected chi connectivity index (χ1v) is 24.3. The van der Waals surface area contributed by atoms with Crippen LogP contribution in [0.4, 0.5) is 0 Å². The maximum Gasteiger partial charge on any atom is 0.160 e. The average molecular weight is 771 g/mol. The minimum absolute atomic E-state index is 0.101. The van der Waals surface area contributed by atoms with Gasteiger partial charge in [-0.05, 0) is 107 Å². The van der Waals surface area contributed by atoms with Crippen LogP contribution < -0.4 is 0 Å². The summed E-state index contributed by atoms with van der Waals surface area (Å²) in [5, 5.41) is 0. The second kappa shape index (κ2) is 19.9. The van der Waals surface area contributed by atoms with Gasteiger partial charge in [0.1, 0.15) is 0 Å². The number of carbonyl (C=O) groups is 2. The Morgan fingerprint density at radius 3 is 1.00 bits per heavy atom. The third-order valence-electron chi connectivity index (χ3n) is 14.2. The van der Waals surface area contributed by atoms with Gasteiger partial charge in [-0.15, -0.1) is 22.7 Å². The highest BCUT2D eigenvalue weighted by atomic mass is 32.1. The molecule has 1 aromatic carbocycles. The van der Waals surface area contributed by atoms with Crippen molar-refractivity contribution >= 4 is 35.2 Å². The molecular formula is C50H74O2S2. The van der Waals surface area contributed by atoms with Crippen molar-refractivity contribution in [3.05, 3.63) is 56.3 Å². The minimum atomic E-state index is -0.101. The van der Waals surface area contributed by atoms with Crippen molar-refractivity contribution in [1.82, 2.24) is 0 Å². The Hall–Kier alpha value is -2.04. The van der Waals surface area contributed by atoms with Gasteiger partial charge in [0.05, 0.1) is 9.75 Å². The highest BCUT2D eigenvalue weighted by Gasteiger charge is 2.51. The van der Waals surface area contributed by atoms with E-state index >= 15 is 0 Å². The summed E-state index contributed by atoms with van der Waals surface area (Å²) in [5.74, 6) is 2.58. The van der Waals surface area contributed by atoms with E-state index in [-0.39, 0.29) is 10.8 Å². The van der Waals surface area contributed by atoms with Gasteiger partial charge >= 0.3 is 0 Å². The van der Waals surface area contributed by atoms with Crippen LogP contribution in [0, 0.1) is 23.7 Å². The van der Waals surface area contributed by atoms with E-state index in [9.17, 15) is 9.59 Å². The third-order valence-corrected chi connectivity index (χ3v) is 16.4. The molecule has 0 fully saturated rings. The maximum atomic E-state index is 12.6. The summed E-state index contributed by atoms with van der Waals surface area (Å²) in [6.07, 6.45) is 26.8. The van der Waals surface area contributed by atoms with Gasteiger partial charge in [-0.2, -0.15) is 0 Å². The fourth-order valence-corrected chi connectivity index (χ4v) is 13.1. The molecule has 298 valence electrons. The molecule has 2 aliphatic carbocycles. The summed E-state index contributed by atoms with van der Waals surface area (Å²) >= 11 is 3.51. The molecule has 0 saturated heterocycles. The van der Waals surface area contributed by atoms with Crippen molar-refractivity contribution in [2.45, 2.75) is 195 Å². The molecule has 0 amide bonds. The van der Waals surface area contributed by atoms with E-state index in [1.165, 1.54) is 146 Å². The van der Waals surface area contributed by atoms with Gasteiger partial charge in [0.25, 0.3) is 0 Å². The molecule has 0 N–H and O–H groups in total. The van der Waals surface area contributed by atoms with E-state index in [0.717, 1.165) is 48.0 Å². The minimum Gasteiger partial charge on any atom is -0.297 e. The standard InChI is InChI=1S/C50H74O2S2/c1-9-17-21-35(13-5)29-49(30-36(14-6)22-18-10-2)43-27-42-44(28-41(43)47-45(49)25-39(33-51)53-47)50(31-37(15-7)23-19-11-3,32-38(16-8)24-20-12-4)46-26-40(34-52)54-48(42)46/h25-28,33-38H,9-24,29-32H2,1-8H3. The van der Waals surface area contributed by atoms with Crippen LogP contribution in [-0.2, 0) is 10.8 Å². The van der Waals surface area contributed by atoms with Gasteiger partial charge in [0.2, 0.25) is 0 Å². The normalized spacial score (nSPS) is 20.6. The molecule has 2 nitrogen and oxygen atoms in total. The van der Waals surface area contributed by atoms with Gasteiger partial charge in [0.15, 0.2) is 12.6 Å². The molecule has 4 atom stereocenters. The second-order valence-corrected chi connectivity index (χ2v) is 19.8. The Balaban J connectivity index is 1.82.